The maximum absolute atomic E-state index is 12.6. The van der Waals surface area contributed by atoms with E-state index in [1.165, 1.54) is 18.2 Å². The number of carbonyl (C=O) groups is 1. The number of amides is 1. The van der Waals surface area contributed by atoms with Gasteiger partial charge in [-0.2, -0.15) is 0 Å². The quantitative estimate of drug-likeness (QED) is 0.613. The molecule has 0 spiro atoms. The van der Waals surface area contributed by atoms with Crippen molar-refractivity contribution in [1.82, 2.24) is 14.9 Å². The molecule has 1 aromatic carbocycles. The Labute approximate surface area is 154 Å². The van der Waals surface area contributed by atoms with Gasteiger partial charge in [0, 0.05) is 24.3 Å². The van der Waals surface area contributed by atoms with Crippen LogP contribution in [0.1, 0.15) is 26.0 Å². The fourth-order valence-corrected chi connectivity index (χ4v) is 4.25. The number of likely N-dealkylation sites (tertiary alicyclic amines) is 1. The average Bonchev–Trinajstić information content (AvgIpc) is 2.59. The molecule has 0 saturated carbocycles. The van der Waals surface area contributed by atoms with Crippen LogP contribution >= 0.6 is 11.8 Å². The molecule has 2 atom stereocenters. The fraction of sp³-hybridized carbons (Fsp3) is 0.450. The number of piperidine rings is 1. The maximum atomic E-state index is 12.6. The number of hydrogen-bond acceptors (Lipinski definition) is 4. The maximum Gasteiger partial charge on any atom is 0.233 e. The highest BCUT2D eigenvalue weighted by atomic mass is 32.2. The molecule has 3 rings (SSSR count). The van der Waals surface area contributed by atoms with Gasteiger partial charge >= 0.3 is 0 Å². The molecule has 1 aromatic heterocycles. The minimum atomic E-state index is 0.190. The van der Waals surface area contributed by atoms with Crippen molar-refractivity contribution in [2.45, 2.75) is 32.3 Å². The van der Waals surface area contributed by atoms with Gasteiger partial charge < -0.3 is 4.90 Å². The van der Waals surface area contributed by atoms with Gasteiger partial charge in [0.05, 0.1) is 11.4 Å². The molecule has 0 bridgehead atoms. The number of thioether (sulfide) groups is 1. The van der Waals surface area contributed by atoms with Crippen LogP contribution in [0.15, 0.2) is 41.6 Å². The summed E-state index contributed by atoms with van der Waals surface area (Å²) in [6.07, 6.45) is 1.21. The average molecular weight is 356 g/mol. The highest BCUT2D eigenvalue weighted by Gasteiger charge is 2.25. The monoisotopic (exact) mass is 355 g/mol. The lowest BCUT2D eigenvalue weighted by atomic mass is 9.92. The van der Waals surface area contributed by atoms with Crippen molar-refractivity contribution in [3.05, 3.63) is 42.1 Å². The Balaban J connectivity index is 1.67. The zero-order valence-electron chi connectivity index (χ0n) is 15.1. The zero-order chi connectivity index (χ0) is 17.8. The molecule has 1 saturated heterocycles. The van der Waals surface area contributed by atoms with E-state index < -0.39 is 0 Å². The lowest BCUT2D eigenvalue weighted by molar-refractivity contribution is -0.130. The zero-order valence-corrected chi connectivity index (χ0v) is 15.9. The SMILES string of the molecule is Cc1cc(-c2ccccc2)nc(SCC(=O)N2C[C@H](C)C[C@H](C)C2)n1. The molecular formula is C20H25N3OS. The summed E-state index contributed by atoms with van der Waals surface area (Å²) < 4.78 is 0. The van der Waals surface area contributed by atoms with Crippen molar-refractivity contribution >= 4 is 17.7 Å². The highest BCUT2D eigenvalue weighted by Crippen LogP contribution is 2.24. The molecule has 4 nitrogen and oxygen atoms in total. The van der Waals surface area contributed by atoms with Crippen molar-refractivity contribution < 1.29 is 4.79 Å². The Morgan fingerprint density at radius 3 is 2.52 bits per heavy atom. The molecule has 1 fully saturated rings. The number of nitrogens with zero attached hydrogens (tertiary/aromatic N) is 3. The van der Waals surface area contributed by atoms with Crippen LogP contribution in [0.5, 0.6) is 0 Å². The first-order valence-corrected chi connectivity index (χ1v) is 9.81. The molecule has 0 aliphatic carbocycles. The highest BCUT2D eigenvalue weighted by molar-refractivity contribution is 7.99. The van der Waals surface area contributed by atoms with E-state index >= 15 is 0 Å². The second-order valence-electron chi connectivity index (χ2n) is 7.08. The summed E-state index contributed by atoms with van der Waals surface area (Å²) in [5.41, 5.74) is 2.90. The van der Waals surface area contributed by atoms with Crippen LogP contribution in [-0.4, -0.2) is 39.6 Å². The van der Waals surface area contributed by atoms with Crippen LogP contribution in [0, 0.1) is 18.8 Å². The third kappa shape index (κ3) is 4.82. The molecule has 2 aromatic rings. The second kappa shape index (κ2) is 8.00. The van der Waals surface area contributed by atoms with E-state index in [1.807, 2.05) is 48.2 Å². The van der Waals surface area contributed by atoms with Gasteiger partial charge in [0.1, 0.15) is 0 Å². The number of rotatable bonds is 4. The summed E-state index contributed by atoms with van der Waals surface area (Å²) in [7, 11) is 0. The van der Waals surface area contributed by atoms with Crippen molar-refractivity contribution in [2.24, 2.45) is 11.8 Å². The van der Waals surface area contributed by atoms with E-state index in [9.17, 15) is 4.79 Å². The Kier molecular flexibility index (Phi) is 5.74. The Bertz CT molecular complexity index is 725. The fourth-order valence-electron chi connectivity index (χ4n) is 3.45. The van der Waals surface area contributed by atoms with Gasteiger partial charge in [-0.1, -0.05) is 55.9 Å². The molecule has 25 heavy (non-hydrogen) atoms. The Hall–Kier alpha value is -1.88. The summed E-state index contributed by atoms with van der Waals surface area (Å²) in [5.74, 6) is 1.75. The predicted molar refractivity (Wildman–Crippen MR) is 102 cm³/mol. The van der Waals surface area contributed by atoms with Gasteiger partial charge in [-0.05, 0) is 31.2 Å². The summed E-state index contributed by atoms with van der Waals surface area (Å²) >= 11 is 1.43. The molecular weight excluding hydrogens is 330 g/mol. The summed E-state index contributed by atoms with van der Waals surface area (Å²) in [5, 5.41) is 0.672. The van der Waals surface area contributed by atoms with Gasteiger partial charge in [0.25, 0.3) is 0 Å². The van der Waals surface area contributed by atoms with E-state index in [2.05, 4.69) is 23.8 Å². The molecule has 1 aliphatic rings. The molecule has 2 heterocycles. The smallest absolute Gasteiger partial charge is 0.233 e. The molecule has 0 radical (unpaired) electrons. The van der Waals surface area contributed by atoms with Crippen LogP contribution in [0.2, 0.25) is 0 Å². The third-order valence-corrected chi connectivity index (χ3v) is 5.28. The van der Waals surface area contributed by atoms with E-state index in [1.54, 1.807) is 0 Å². The van der Waals surface area contributed by atoms with Gasteiger partial charge in [-0.25, -0.2) is 9.97 Å². The normalized spacial score (nSPS) is 20.5. The van der Waals surface area contributed by atoms with Crippen molar-refractivity contribution in [3.8, 4) is 11.3 Å². The van der Waals surface area contributed by atoms with Crippen molar-refractivity contribution in [1.29, 1.82) is 0 Å². The van der Waals surface area contributed by atoms with Crippen LogP contribution in [-0.2, 0) is 4.79 Å². The van der Waals surface area contributed by atoms with Crippen LogP contribution in [0.25, 0.3) is 11.3 Å². The number of aryl methyl sites for hydroxylation is 1. The number of carbonyl (C=O) groups excluding carboxylic acids is 1. The summed E-state index contributed by atoms with van der Waals surface area (Å²) in [6.45, 7) is 8.15. The number of hydrogen-bond donors (Lipinski definition) is 0. The molecule has 0 N–H and O–H groups in total. The second-order valence-corrected chi connectivity index (χ2v) is 8.02. The molecule has 0 unspecified atom stereocenters. The number of aromatic nitrogens is 2. The van der Waals surface area contributed by atoms with Gasteiger partial charge in [0.2, 0.25) is 5.91 Å². The van der Waals surface area contributed by atoms with Crippen molar-refractivity contribution in [2.75, 3.05) is 18.8 Å². The molecule has 5 heteroatoms. The first-order valence-electron chi connectivity index (χ1n) is 8.83. The minimum absolute atomic E-state index is 0.190. The molecule has 1 aliphatic heterocycles. The molecule has 132 valence electrons. The lowest BCUT2D eigenvalue weighted by Crippen LogP contribution is -2.43. The van der Waals surface area contributed by atoms with Crippen LogP contribution < -0.4 is 0 Å². The predicted octanol–water partition coefficient (Wildman–Crippen LogP) is 4.05. The van der Waals surface area contributed by atoms with E-state index in [4.69, 9.17) is 0 Å². The van der Waals surface area contributed by atoms with Gasteiger partial charge in [-0.15, -0.1) is 0 Å². The van der Waals surface area contributed by atoms with Crippen LogP contribution in [0.3, 0.4) is 0 Å². The summed E-state index contributed by atoms with van der Waals surface area (Å²) in [6, 6.07) is 12.1. The van der Waals surface area contributed by atoms with E-state index in [-0.39, 0.29) is 5.91 Å². The van der Waals surface area contributed by atoms with Gasteiger partial charge in [-0.3, -0.25) is 4.79 Å². The lowest BCUT2D eigenvalue weighted by Gasteiger charge is -2.34. The van der Waals surface area contributed by atoms with E-state index in [0.29, 0.717) is 22.7 Å². The Morgan fingerprint density at radius 2 is 1.84 bits per heavy atom. The molecule has 1 amide bonds. The van der Waals surface area contributed by atoms with Crippen molar-refractivity contribution in [3.63, 3.8) is 0 Å². The van der Waals surface area contributed by atoms with Gasteiger partial charge in [0.15, 0.2) is 5.16 Å². The standard InChI is InChI=1S/C20H25N3OS/c1-14-9-15(2)12-23(11-14)19(24)13-25-20-21-16(3)10-18(22-20)17-7-5-4-6-8-17/h4-8,10,14-15H,9,11-13H2,1-3H3/t14-,15+. The minimum Gasteiger partial charge on any atom is -0.341 e. The first-order chi connectivity index (χ1) is 12.0. The topological polar surface area (TPSA) is 46.1 Å². The Morgan fingerprint density at radius 1 is 1.16 bits per heavy atom. The van der Waals surface area contributed by atoms with E-state index in [0.717, 1.165) is 30.0 Å². The largest absolute Gasteiger partial charge is 0.341 e. The third-order valence-electron chi connectivity index (χ3n) is 4.45. The first kappa shape index (κ1) is 17.9. The number of benzene rings is 1. The van der Waals surface area contributed by atoms with Crippen LogP contribution in [0.4, 0.5) is 0 Å². The summed E-state index contributed by atoms with van der Waals surface area (Å²) in [4.78, 5) is 23.7.